The fraction of sp³-hybridized carbons (Fsp3) is 0.294. The van der Waals surface area contributed by atoms with E-state index in [9.17, 15) is 12.8 Å². The van der Waals surface area contributed by atoms with Gasteiger partial charge < -0.3 is 4.74 Å². The number of aryl methyl sites for hydroxylation is 1. The van der Waals surface area contributed by atoms with Gasteiger partial charge in [0, 0.05) is 18.1 Å². The Bertz CT molecular complexity index is 857. The second-order valence-corrected chi connectivity index (χ2v) is 8.06. The summed E-state index contributed by atoms with van der Waals surface area (Å²) in [7, 11) is -3.70. The molecule has 2 aromatic rings. The lowest BCUT2D eigenvalue weighted by molar-refractivity contribution is -0.00255. The van der Waals surface area contributed by atoms with E-state index in [1.165, 1.54) is 22.5 Å². The van der Waals surface area contributed by atoms with Crippen LogP contribution in [0.4, 0.5) is 4.39 Å². The SMILES string of the molecule is Cc1cc(S(=O)(=O)N2CCOC(c3cccc(Cl)c3)C2)ccc1F. The van der Waals surface area contributed by atoms with Crippen molar-refractivity contribution in [1.82, 2.24) is 4.31 Å². The summed E-state index contributed by atoms with van der Waals surface area (Å²) in [4.78, 5) is 0.0909. The van der Waals surface area contributed by atoms with Crippen LogP contribution in [0.1, 0.15) is 17.2 Å². The van der Waals surface area contributed by atoms with Gasteiger partial charge in [0.25, 0.3) is 0 Å². The summed E-state index contributed by atoms with van der Waals surface area (Å²) >= 11 is 6.00. The van der Waals surface area contributed by atoms with Crippen molar-refractivity contribution in [1.29, 1.82) is 0 Å². The molecule has 0 saturated carbocycles. The number of rotatable bonds is 3. The first kappa shape index (κ1) is 17.4. The molecule has 1 fully saturated rings. The van der Waals surface area contributed by atoms with E-state index >= 15 is 0 Å². The molecule has 128 valence electrons. The first-order valence-electron chi connectivity index (χ1n) is 7.51. The Labute approximate surface area is 145 Å². The van der Waals surface area contributed by atoms with Crippen LogP contribution >= 0.6 is 11.6 Å². The maximum Gasteiger partial charge on any atom is 0.243 e. The van der Waals surface area contributed by atoms with Crippen molar-refractivity contribution in [3.63, 3.8) is 0 Å². The van der Waals surface area contributed by atoms with E-state index in [1.54, 1.807) is 25.1 Å². The normalized spacial score (nSPS) is 19.4. The van der Waals surface area contributed by atoms with Gasteiger partial charge in [0.05, 0.1) is 17.6 Å². The van der Waals surface area contributed by atoms with Crippen molar-refractivity contribution < 1.29 is 17.5 Å². The highest BCUT2D eigenvalue weighted by Gasteiger charge is 2.31. The standard InChI is InChI=1S/C17H17ClFNO3S/c1-12-9-15(5-6-16(12)19)24(21,22)20-7-8-23-17(11-20)13-3-2-4-14(18)10-13/h2-6,9-10,17H,7-8,11H2,1H3. The molecule has 3 rings (SSSR count). The summed E-state index contributed by atoms with van der Waals surface area (Å²) in [6.07, 6.45) is -0.381. The fourth-order valence-corrected chi connectivity index (χ4v) is 4.39. The quantitative estimate of drug-likeness (QED) is 0.831. The number of ether oxygens (including phenoxy) is 1. The molecule has 0 radical (unpaired) electrons. The highest BCUT2D eigenvalue weighted by molar-refractivity contribution is 7.89. The van der Waals surface area contributed by atoms with E-state index < -0.39 is 15.8 Å². The van der Waals surface area contributed by atoms with Crippen LogP contribution in [0.15, 0.2) is 47.4 Å². The Morgan fingerprint density at radius 3 is 2.75 bits per heavy atom. The zero-order valence-electron chi connectivity index (χ0n) is 13.1. The third-order valence-electron chi connectivity index (χ3n) is 4.02. The fourth-order valence-electron chi connectivity index (χ4n) is 2.68. The average Bonchev–Trinajstić information content (AvgIpc) is 2.57. The Balaban J connectivity index is 1.87. The van der Waals surface area contributed by atoms with Crippen molar-refractivity contribution in [3.8, 4) is 0 Å². The van der Waals surface area contributed by atoms with Crippen molar-refractivity contribution in [2.45, 2.75) is 17.9 Å². The van der Waals surface area contributed by atoms with Gasteiger partial charge in [-0.3, -0.25) is 0 Å². The predicted molar refractivity (Wildman–Crippen MR) is 90.0 cm³/mol. The lowest BCUT2D eigenvalue weighted by Crippen LogP contribution is -2.42. The molecule has 4 nitrogen and oxygen atoms in total. The van der Waals surface area contributed by atoms with E-state index in [0.717, 1.165) is 5.56 Å². The van der Waals surface area contributed by atoms with E-state index in [2.05, 4.69) is 0 Å². The molecule has 1 unspecified atom stereocenters. The summed E-state index contributed by atoms with van der Waals surface area (Å²) in [5.74, 6) is -0.423. The first-order chi connectivity index (χ1) is 11.4. The minimum Gasteiger partial charge on any atom is -0.371 e. The van der Waals surface area contributed by atoms with Gasteiger partial charge in [-0.2, -0.15) is 4.31 Å². The Kier molecular flexibility index (Phi) is 4.92. The summed E-state index contributed by atoms with van der Waals surface area (Å²) in [5.41, 5.74) is 1.13. The average molecular weight is 370 g/mol. The molecule has 24 heavy (non-hydrogen) atoms. The van der Waals surface area contributed by atoms with Gasteiger partial charge in [-0.25, -0.2) is 12.8 Å². The predicted octanol–water partition coefficient (Wildman–Crippen LogP) is 3.55. The molecule has 0 aliphatic carbocycles. The van der Waals surface area contributed by atoms with E-state index in [-0.39, 0.29) is 30.7 Å². The van der Waals surface area contributed by atoms with Crippen LogP contribution < -0.4 is 0 Å². The maximum atomic E-state index is 13.4. The van der Waals surface area contributed by atoms with Gasteiger partial charge >= 0.3 is 0 Å². The first-order valence-corrected chi connectivity index (χ1v) is 9.33. The van der Waals surface area contributed by atoms with E-state index in [0.29, 0.717) is 10.6 Å². The van der Waals surface area contributed by atoms with Gasteiger partial charge in [-0.15, -0.1) is 0 Å². The zero-order chi connectivity index (χ0) is 17.3. The van der Waals surface area contributed by atoms with Gasteiger partial charge in [0.1, 0.15) is 5.82 Å². The molecule has 1 saturated heterocycles. The number of hydrogen-bond acceptors (Lipinski definition) is 3. The molecule has 1 aliphatic rings. The molecule has 1 heterocycles. The summed E-state index contributed by atoms with van der Waals surface area (Å²) in [6.45, 7) is 2.29. The molecule has 0 aromatic heterocycles. The third kappa shape index (κ3) is 3.47. The molecule has 0 spiro atoms. The molecule has 1 aliphatic heterocycles. The minimum absolute atomic E-state index is 0.0909. The van der Waals surface area contributed by atoms with Gasteiger partial charge in [0.15, 0.2) is 0 Å². The minimum atomic E-state index is -3.70. The van der Waals surface area contributed by atoms with Crippen molar-refractivity contribution >= 4 is 21.6 Å². The molecule has 0 amide bonds. The number of halogens is 2. The molecule has 7 heteroatoms. The molecule has 0 N–H and O–H groups in total. The Morgan fingerprint density at radius 2 is 2.04 bits per heavy atom. The topological polar surface area (TPSA) is 46.6 Å². The number of morpholine rings is 1. The lowest BCUT2D eigenvalue weighted by Gasteiger charge is -2.32. The highest BCUT2D eigenvalue weighted by Crippen LogP contribution is 2.28. The maximum absolute atomic E-state index is 13.4. The Morgan fingerprint density at radius 1 is 1.25 bits per heavy atom. The molecule has 2 aromatic carbocycles. The molecule has 0 bridgehead atoms. The molecule has 1 atom stereocenters. The summed E-state index contributed by atoms with van der Waals surface area (Å²) < 4.78 is 46.1. The van der Waals surface area contributed by atoms with Crippen LogP contribution in [-0.4, -0.2) is 32.4 Å². The van der Waals surface area contributed by atoms with Crippen molar-refractivity contribution in [3.05, 3.63) is 64.4 Å². The van der Waals surface area contributed by atoms with Crippen LogP contribution in [-0.2, 0) is 14.8 Å². The van der Waals surface area contributed by atoms with Crippen LogP contribution in [0.3, 0.4) is 0 Å². The van der Waals surface area contributed by atoms with E-state index in [1.807, 2.05) is 6.07 Å². The largest absolute Gasteiger partial charge is 0.371 e. The van der Waals surface area contributed by atoms with E-state index in [4.69, 9.17) is 16.3 Å². The van der Waals surface area contributed by atoms with Crippen LogP contribution in [0.25, 0.3) is 0 Å². The number of hydrogen-bond donors (Lipinski definition) is 0. The monoisotopic (exact) mass is 369 g/mol. The van der Waals surface area contributed by atoms with Gasteiger partial charge in [-0.1, -0.05) is 23.7 Å². The second-order valence-electron chi connectivity index (χ2n) is 5.69. The van der Waals surface area contributed by atoms with Crippen molar-refractivity contribution in [2.75, 3.05) is 19.7 Å². The molecular weight excluding hydrogens is 353 g/mol. The summed E-state index contributed by atoms with van der Waals surface area (Å²) in [6, 6.07) is 11.0. The Hall–Kier alpha value is -1.47. The van der Waals surface area contributed by atoms with Crippen LogP contribution in [0.5, 0.6) is 0 Å². The smallest absolute Gasteiger partial charge is 0.243 e. The third-order valence-corrected chi connectivity index (χ3v) is 6.11. The summed E-state index contributed by atoms with van der Waals surface area (Å²) in [5, 5.41) is 0.574. The number of nitrogens with zero attached hydrogens (tertiary/aromatic N) is 1. The number of sulfonamides is 1. The highest BCUT2D eigenvalue weighted by atomic mass is 35.5. The second kappa shape index (κ2) is 6.80. The van der Waals surface area contributed by atoms with Crippen LogP contribution in [0.2, 0.25) is 5.02 Å². The lowest BCUT2D eigenvalue weighted by atomic mass is 10.1. The number of benzene rings is 2. The van der Waals surface area contributed by atoms with Crippen LogP contribution in [0, 0.1) is 12.7 Å². The zero-order valence-corrected chi connectivity index (χ0v) is 14.6. The molecular formula is C17H17ClFNO3S. The van der Waals surface area contributed by atoms with Gasteiger partial charge in [0.2, 0.25) is 10.0 Å². The van der Waals surface area contributed by atoms with Crippen molar-refractivity contribution in [2.24, 2.45) is 0 Å². The van der Waals surface area contributed by atoms with Gasteiger partial charge in [-0.05, 0) is 48.4 Å².